The van der Waals surface area contributed by atoms with Gasteiger partial charge in [-0.25, -0.2) is 0 Å². The minimum atomic E-state index is -0.322. The standard InChI is InChI=1S/C13H11NO2S/c1-2-3-9-4-6-10(7-5-9)8-11-12(15)14-13(16)17-11/h2-8H,1H3,(H,14,15,16)/b3-2+,11-8-. The summed E-state index contributed by atoms with van der Waals surface area (Å²) < 4.78 is 0. The van der Waals surface area contributed by atoms with Gasteiger partial charge in [-0.15, -0.1) is 0 Å². The number of allylic oxidation sites excluding steroid dienone is 1. The van der Waals surface area contributed by atoms with Gasteiger partial charge in [-0.3, -0.25) is 14.9 Å². The van der Waals surface area contributed by atoms with Gasteiger partial charge in [0.25, 0.3) is 11.1 Å². The molecule has 0 spiro atoms. The smallest absolute Gasteiger partial charge is 0.282 e. The molecule has 1 aliphatic rings. The summed E-state index contributed by atoms with van der Waals surface area (Å²) in [5.41, 5.74) is 2.01. The van der Waals surface area contributed by atoms with Gasteiger partial charge in [0.1, 0.15) is 0 Å². The zero-order valence-corrected chi connectivity index (χ0v) is 10.1. The second kappa shape index (κ2) is 5.01. The largest absolute Gasteiger partial charge is 0.290 e. The third-order valence-corrected chi connectivity index (χ3v) is 3.05. The van der Waals surface area contributed by atoms with Crippen LogP contribution in [-0.4, -0.2) is 11.1 Å². The molecule has 0 saturated carbocycles. The lowest BCUT2D eigenvalue weighted by molar-refractivity contribution is -0.115. The fourth-order valence-corrected chi connectivity index (χ4v) is 2.15. The Morgan fingerprint density at radius 2 is 1.76 bits per heavy atom. The second-order valence-corrected chi connectivity index (χ2v) is 4.53. The monoisotopic (exact) mass is 245 g/mol. The molecule has 1 aromatic rings. The Hall–Kier alpha value is -1.81. The predicted octanol–water partition coefficient (Wildman–Crippen LogP) is 3.04. The van der Waals surface area contributed by atoms with Crippen molar-refractivity contribution in [2.24, 2.45) is 0 Å². The van der Waals surface area contributed by atoms with Crippen LogP contribution in [0.2, 0.25) is 0 Å². The van der Waals surface area contributed by atoms with Crippen molar-refractivity contribution in [3.63, 3.8) is 0 Å². The molecular formula is C13H11NO2S. The third kappa shape index (κ3) is 2.85. The van der Waals surface area contributed by atoms with Crippen LogP contribution in [-0.2, 0) is 4.79 Å². The quantitative estimate of drug-likeness (QED) is 0.814. The number of benzene rings is 1. The average molecular weight is 245 g/mol. The van der Waals surface area contributed by atoms with E-state index in [0.29, 0.717) is 4.91 Å². The summed E-state index contributed by atoms with van der Waals surface area (Å²) in [4.78, 5) is 22.7. The molecule has 1 saturated heterocycles. The number of carbonyl (C=O) groups is 2. The number of imide groups is 1. The van der Waals surface area contributed by atoms with Crippen LogP contribution in [0.1, 0.15) is 18.1 Å². The molecule has 17 heavy (non-hydrogen) atoms. The van der Waals surface area contributed by atoms with E-state index in [9.17, 15) is 9.59 Å². The van der Waals surface area contributed by atoms with Gasteiger partial charge in [0.15, 0.2) is 0 Å². The van der Waals surface area contributed by atoms with Gasteiger partial charge in [-0.1, -0.05) is 36.4 Å². The topological polar surface area (TPSA) is 46.2 Å². The van der Waals surface area contributed by atoms with E-state index in [1.165, 1.54) is 0 Å². The second-order valence-electron chi connectivity index (χ2n) is 3.52. The number of hydrogen-bond acceptors (Lipinski definition) is 3. The van der Waals surface area contributed by atoms with E-state index >= 15 is 0 Å². The van der Waals surface area contributed by atoms with E-state index in [1.807, 2.05) is 43.3 Å². The van der Waals surface area contributed by atoms with Crippen molar-refractivity contribution in [2.75, 3.05) is 0 Å². The van der Waals surface area contributed by atoms with E-state index in [-0.39, 0.29) is 11.1 Å². The lowest BCUT2D eigenvalue weighted by atomic mass is 10.1. The first-order valence-corrected chi connectivity index (χ1v) is 5.98. The van der Waals surface area contributed by atoms with Crippen molar-refractivity contribution in [3.05, 3.63) is 46.4 Å². The van der Waals surface area contributed by atoms with Crippen LogP contribution in [0, 0.1) is 0 Å². The molecule has 4 heteroatoms. The zero-order valence-electron chi connectivity index (χ0n) is 9.27. The van der Waals surface area contributed by atoms with Gasteiger partial charge in [-0.2, -0.15) is 0 Å². The van der Waals surface area contributed by atoms with Crippen LogP contribution in [0.4, 0.5) is 4.79 Å². The lowest BCUT2D eigenvalue weighted by Crippen LogP contribution is -2.17. The van der Waals surface area contributed by atoms with Gasteiger partial charge < -0.3 is 0 Å². The van der Waals surface area contributed by atoms with Crippen molar-refractivity contribution < 1.29 is 9.59 Å². The molecule has 0 aliphatic carbocycles. The fraction of sp³-hybridized carbons (Fsp3) is 0.0769. The third-order valence-electron chi connectivity index (χ3n) is 2.24. The first-order chi connectivity index (χ1) is 8.19. The van der Waals surface area contributed by atoms with E-state index in [1.54, 1.807) is 6.08 Å². The number of rotatable bonds is 2. The molecule has 1 aliphatic heterocycles. The molecule has 1 aromatic carbocycles. The fourth-order valence-electron chi connectivity index (χ4n) is 1.47. The number of carbonyl (C=O) groups excluding carboxylic acids is 2. The molecule has 3 nitrogen and oxygen atoms in total. The van der Waals surface area contributed by atoms with Gasteiger partial charge in [0, 0.05) is 0 Å². The van der Waals surface area contributed by atoms with Crippen LogP contribution in [0.5, 0.6) is 0 Å². The highest BCUT2D eigenvalue weighted by atomic mass is 32.2. The minimum absolute atomic E-state index is 0.313. The van der Waals surface area contributed by atoms with Crippen molar-refractivity contribution in [3.8, 4) is 0 Å². The Morgan fingerprint density at radius 3 is 2.29 bits per heavy atom. The molecule has 2 rings (SSSR count). The van der Waals surface area contributed by atoms with Crippen molar-refractivity contribution in [1.29, 1.82) is 0 Å². The van der Waals surface area contributed by atoms with Gasteiger partial charge in [-0.05, 0) is 35.9 Å². The molecule has 86 valence electrons. The van der Waals surface area contributed by atoms with Crippen molar-refractivity contribution in [1.82, 2.24) is 5.32 Å². The molecule has 0 aromatic heterocycles. The van der Waals surface area contributed by atoms with E-state index in [2.05, 4.69) is 5.32 Å². The summed E-state index contributed by atoms with van der Waals surface area (Å²) in [6.45, 7) is 1.96. The number of nitrogens with one attached hydrogen (secondary N) is 1. The normalized spacial score (nSPS) is 18.1. The van der Waals surface area contributed by atoms with Crippen LogP contribution in [0.25, 0.3) is 12.2 Å². The molecule has 2 amide bonds. The zero-order chi connectivity index (χ0) is 12.3. The van der Waals surface area contributed by atoms with Gasteiger partial charge in [0.2, 0.25) is 0 Å². The maximum Gasteiger partial charge on any atom is 0.290 e. The number of thioether (sulfide) groups is 1. The summed E-state index contributed by atoms with van der Waals surface area (Å²) in [7, 11) is 0. The molecule has 0 unspecified atom stereocenters. The molecule has 1 fully saturated rings. The highest BCUT2D eigenvalue weighted by Crippen LogP contribution is 2.25. The molecular weight excluding hydrogens is 234 g/mol. The number of hydrogen-bond donors (Lipinski definition) is 1. The first-order valence-electron chi connectivity index (χ1n) is 5.16. The number of amides is 2. The van der Waals surface area contributed by atoms with Crippen molar-refractivity contribution >= 4 is 35.1 Å². The van der Waals surface area contributed by atoms with Gasteiger partial charge >= 0.3 is 0 Å². The highest BCUT2D eigenvalue weighted by Gasteiger charge is 2.24. The maximum absolute atomic E-state index is 11.3. The Labute approximate surface area is 104 Å². The minimum Gasteiger partial charge on any atom is -0.282 e. The Kier molecular flexibility index (Phi) is 3.44. The van der Waals surface area contributed by atoms with E-state index in [4.69, 9.17) is 0 Å². The van der Waals surface area contributed by atoms with Crippen LogP contribution < -0.4 is 5.32 Å². The SMILES string of the molecule is C/C=C/c1ccc(/C=C2\SC(=O)NC2=O)cc1. The molecule has 1 heterocycles. The summed E-state index contributed by atoms with van der Waals surface area (Å²) in [6, 6.07) is 7.76. The van der Waals surface area contributed by atoms with Gasteiger partial charge in [0.05, 0.1) is 4.91 Å². The first kappa shape index (κ1) is 11.7. The van der Waals surface area contributed by atoms with E-state index < -0.39 is 0 Å². The van der Waals surface area contributed by atoms with Crippen LogP contribution in [0.15, 0.2) is 35.2 Å². The summed E-state index contributed by atoms with van der Waals surface area (Å²) in [5.74, 6) is -0.322. The predicted molar refractivity (Wildman–Crippen MR) is 70.3 cm³/mol. The maximum atomic E-state index is 11.3. The van der Waals surface area contributed by atoms with Crippen LogP contribution >= 0.6 is 11.8 Å². The molecule has 0 radical (unpaired) electrons. The summed E-state index contributed by atoms with van der Waals surface area (Å²) in [6.07, 6.45) is 5.67. The van der Waals surface area contributed by atoms with Crippen molar-refractivity contribution in [2.45, 2.75) is 6.92 Å². The Morgan fingerprint density at radius 1 is 1.12 bits per heavy atom. The molecule has 0 atom stereocenters. The Bertz CT molecular complexity index is 515. The average Bonchev–Trinajstić information content (AvgIpc) is 2.61. The highest BCUT2D eigenvalue weighted by molar-refractivity contribution is 8.18. The van der Waals surface area contributed by atoms with Crippen LogP contribution in [0.3, 0.4) is 0 Å². The Balaban J connectivity index is 2.21. The molecule has 0 bridgehead atoms. The molecule has 1 N–H and O–H groups in total. The summed E-state index contributed by atoms with van der Waals surface area (Å²) in [5, 5.41) is 1.91. The lowest BCUT2D eigenvalue weighted by Gasteiger charge is -1.96. The summed E-state index contributed by atoms with van der Waals surface area (Å²) >= 11 is 0.930. The van der Waals surface area contributed by atoms with E-state index in [0.717, 1.165) is 22.9 Å².